The van der Waals surface area contributed by atoms with Crippen LogP contribution in [0.1, 0.15) is 48.8 Å². The fraction of sp³-hybridized carbons (Fsp3) is 0.625. The van der Waals surface area contributed by atoms with Crippen molar-refractivity contribution >= 4 is 15.9 Å². The Hall–Kier alpha value is -0.540. The van der Waals surface area contributed by atoms with Gasteiger partial charge in [-0.1, -0.05) is 6.42 Å². The first-order valence-corrected chi connectivity index (χ1v) is 8.30. The van der Waals surface area contributed by atoms with Crippen LogP contribution in [-0.2, 0) is 19.3 Å². The number of halogens is 1. The van der Waals surface area contributed by atoms with Gasteiger partial charge in [-0.25, -0.2) is 0 Å². The van der Waals surface area contributed by atoms with E-state index in [1.807, 2.05) is 0 Å². The summed E-state index contributed by atoms with van der Waals surface area (Å²) in [7, 11) is 0. The highest BCUT2D eigenvalue weighted by Crippen LogP contribution is 2.37. The molecule has 3 rings (SSSR count). The van der Waals surface area contributed by atoms with Crippen molar-refractivity contribution in [2.45, 2.75) is 57.4 Å². The van der Waals surface area contributed by atoms with Gasteiger partial charge in [0.15, 0.2) is 0 Å². The molecule has 0 bridgehead atoms. The number of aromatic hydroxyl groups is 1. The lowest BCUT2D eigenvalue weighted by molar-refractivity contribution is 0.456. The van der Waals surface area contributed by atoms with Crippen LogP contribution in [-0.4, -0.2) is 17.7 Å². The summed E-state index contributed by atoms with van der Waals surface area (Å²) >= 11 is 3.53. The summed E-state index contributed by atoms with van der Waals surface area (Å²) in [6.07, 6.45) is 9.65. The molecule has 1 aromatic rings. The predicted molar refractivity (Wildman–Crippen MR) is 81.8 cm³/mol. The molecule has 1 unspecified atom stereocenters. The molecule has 1 saturated heterocycles. The highest BCUT2D eigenvalue weighted by molar-refractivity contribution is 9.10. The van der Waals surface area contributed by atoms with Gasteiger partial charge in [-0.2, -0.15) is 0 Å². The molecule has 2 N–H and O–H groups in total. The summed E-state index contributed by atoms with van der Waals surface area (Å²) in [4.78, 5) is 0. The summed E-state index contributed by atoms with van der Waals surface area (Å²) in [5, 5.41) is 14.0. The number of nitrogens with one attached hydrogen (secondary N) is 1. The average molecular weight is 324 g/mol. The number of rotatable bonds is 2. The van der Waals surface area contributed by atoms with Crippen LogP contribution in [0.15, 0.2) is 10.5 Å². The number of fused-ring (bicyclic) bond motifs is 1. The van der Waals surface area contributed by atoms with Gasteiger partial charge in [0, 0.05) is 11.6 Å². The Balaban J connectivity index is 1.97. The molecule has 19 heavy (non-hydrogen) atoms. The number of hydrogen-bond donors (Lipinski definition) is 2. The number of aryl methyl sites for hydroxylation is 1. The minimum Gasteiger partial charge on any atom is -0.506 e. The van der Waals surface area contributed by atoms with Gasteiger partial charge in [-0.15, -0.1) is 0 Å². The Morgan fingerprint density at radius 1 is 1.21 bits per heavy atom. The maximum atomic E-state index is 10.4. The highest BCUT2D eigenvalue weighted by atomic mass is 79.9. The van der Waals surface area contributed by atoms with Crippen molar-refractivity contribution in [1.29, 1.82) is 0 Å². The van der Waals surface area contributed by atoms with E-state index in [9.17, 15) is 5.11 Å². The molecule has 104 valence electrons. The van der Waals surface area contributed by atoms with E-state index in [0.29, 0.717) is 11.8 Å². The van der Waals surface area contributed by atoms with Crippen molar-refractivity contribution in [3.63, 3.8) is 0 Å². The maximum absolute atomic E-state index is 10.4. The Morgan fingerprint density at radius 2 is 2.05 bits per heavy atom. The molecule has 1 fully saturated rings. The quantitative estimate of drug-likeness (QED) is 0.813. The third-order valence-electron chi connectivity index (χ3n) is 4.55. The largest absolute Gasteiger partial charge is 0.506 e. The van der Waals surface area contributed by atoms with Crippen LogP contribution in [0.4, 0.5) is 0 Å². The van der Waals surface area contributed by atoms with Gasteiger partial charge in [0.25, 0.3) is 0 Å². The molecule has 1 aliphatic carbocycles. The van der Waals surface area contributed by atoms with E-state index >= 15 is 0 Å². The molecule has 1 heterocycles. The first-order chi connectivity index (χ1) is 9.25. The molecular formula is C16H22BrNO. The normalized spacial score (nSPS) is 23.1. The zero-order chi connectivity index (χ0) is 13.2. The lowest BCUT2D eigenvalue weighted by atomic mass is 9.92. The lowest BCUT2D eigenvalue weighted by Crippen LogP contribution is -2.24. The van der Waals surface area contributed by atoms with Gasteiger partial charge >= 0.3 is 0 Å². The molecule has 3 heteroatoms. The fourth-order valence-corrected chi connectivity index (χ4v) is 4.03. The zero-order valence-electron chi connectivity index (χ0n) is 11.3. The number of phenolic OH excluding ortho intramolecular Hbond substituents is 1. The molecule has 2 aliphatic rings. The first kappa shape index (κ1) is 13.4. The Bertz CT molecular complexity index is 466. The molecule has 1 atom stereocenters. The van der Waals surface area contributed by atoms with Gasteiger partial charge in [-0.05, 0) is 84.6 Å². The van der Waals surface area contributed by atoms with Crippen molar-refractivity contribution in [3.8, 4) is 5.75 Å². The minimum atomic E-state index is 0.481. The van der Waals surface area contributed by atoms with Gasteiger partial charge < -0.3 is 10.4 Å². The SMILES string of the molecule is Oc1c(Br)cc2c(c1CC1CCCN1)CCCCC2. The fourth-order valence-electron chi connectivity index (χ4n) is 3.52. The molecule has 0 radical (unpaired) electrons. The summed E-state index contributed by atoms with van der Waals surface area (Å²) in [6, 6.07) is 2.69. The van der Waals surface area contributed by atoms with Crippen LogP contribution in [0.2, 0.25) is 0 Å². The minimum absolute atomic E-state index is 0.481. The standard InChI is InChI=1S/C16H22BrNO/c17-15-9-11-5-2-1-3-7-13(11)14(16(15)19)10-12-6-4-8-18-12/h9,12,18-19H,1-8,10H2. The van der Waals surface area contributed by atoms with Crippen LogP contribution in [0.5, 0.6) is 5.75 Å². The van der Waals surface area contributed by atoms with Crippen LogP contribution in [0.25, 0.3) is 0 Å². The van der Waals surface area contributed by atoms with E-state index in [0.717, 1.165) is 23.9 Å². The predicted octanol–water partition coefficient (Wildman–Crippen LogP) is 3.72. The van der Waals surface area contributed by atoms with Crippen LogP contribution in [0.3, 0.4) is 0 Å². The third kappa shape index (κ3) is 2.82. The van der Waals surface area contributed by atoms with Crippen molar-refractivity contribution in [1.82, 2.24) is 5.32 Å². The molecule has 1 aromatic carbocycles. The Morgan fingerprint density at radius 3 is 2.84 bits per heavy atom. The lowest BCUT2D eigenvalue weighted by Gasteiger charge is -2.19. The summed E-state index contributed by atoms with van der Waals surface area (Å²) < 4.78 is 0.876. The number of benzene rings is 1. The first-order valence-electron chi connectivity index (χ1n) is 7.51. The monoisotopic (exact) mass is 323 g/mol. The summed E-state index contributed by atoms with van der Waals surface area (Å²) in [5.74, 6) is 0.481. The van der Waals surface area contributed by atoms with E-state index in [4.69, 9.17) is 0 Å². The summed E-state index contributed by atoms with van der Waals surface area (Å²) in [6.45, 7) is 1.13. The van der Waals surface area contributed by atoms with Crippen LogP contribution >= 0.6 is 15.9 Å². The van der Waals surface area contributed by atoms with E-state index < -0.39 is 0 Å². The van der Waals surface area contributed by atoms with E-state index in [2.05, 4.69) is 27.3 Å². The number of hydrogen-bond acceptors (Lipinski definition) is 2. The molecule has 1 aliphatic heterocycles. The van der Waals surface area contributed by atoms with E-state index in [-0.39, 0.29) is 0 Å². The Kier molecular flexibility index (Phi) is 4.13. The molecule has 0 saturated carbocycles. The molecule has 0 spiro atoms. The zero-order valence-corrected chi connectivity index (χ0v) is 12.9. The van der Waals surface area contributed by atoms with Crippen molar-refractivity contribution in [2.75, 3.05) is 6.54 Å². The van der Waals surface area contributed by atoms with E-state index in [1.165, 1.54) is 55.2 Å². The van der Waals surface area contributed by atoms with Gasteiger partial charge in [0.1, 0.15) is 5.75 Å². The second kappa shape index (κ2) is 5.84. The van der Waals surface area contributed by atoms with Crippen LogP contribution in [0, 0.1) is 0 Å². The molecular weight excluding hydrogens is 302 g/mol. The maximum Gasteiger partial charge on any atom is 0.133 e. The molecule has 2 nitrogen and oxygen atoms in total. The second-order valence-electron chi connectivity index (χ2n) is 5.88. The topological polar surface area (TPSA) is 32.3 Å². The molecule has 0 amide bonds. The number of phenols is 1. The van der Waals surface area contributed by atoms with E-state index in [1.54, 1.807) is 0 Å². The van der Waals surface area contributed by atoms with Gasteiger partial charge in [0.05, 0.1) is 4.47 Å². The highest BCUT2D eigenvalue weighted by Gasteiger charge is 2.22. The van der Waals surface area contributed by atoms with Gasteiger partial charge in [0.2, 0.25) is 0 Å². The Labute approximate surface area is 123 Å². The second-order valence-corrected chi connectivity index (χ2v) is 6.74. The molecule has 0 aromatic heterocycles. The van der Waals surface area contributed by atoms with Crippen molar-refractivity contribution < 1.29 is 5.11 Å². The van der Waals surface area contributed by atoms with Crippen molar-refractivity contribution in [3.05, 3.63) is 27.2 Å². The van der Waals surface area contributed by atoms with Crippen LogP contribution < -0.4 is 5.32 Å². The van der Waals surface area contributed by atoms with Crippen molar-refractivity contribution in [2.24, 2.45) is 0 Å². The summed E-state index contributed by atoms with van der Waals surface area (Å²) in [5.41, 5.74) is 4.09. The van der Waals surface area contributed by atoms with Gasteiger partial charge in [-0.3, -0.25) is 0 Å². The average Bonchev–Trinajstić information content (AvgIpc) is 2.80. The third-order valence-corrected chi connectivity index (χ3v) is 5.16. The smallest absolute Gasteiger partial charge is 0.133 e.